The van der Waals surface area contributed by atoms with Crippen molar-refractivity contribution in [2.75, 3.05) is 0 Å². The summed E-state index contributed by atoms with van der Waals surface area (Å²) in [5, 5.41) is 3.70. The predicted octanol–water partition coefficient (Wildman–Crippen LogP) is 2.41. The maximum atomic E-state index is 13.6. The van der Waals surface area contributed by atoms with Crippen LogP contribution in [-0.2, 0) is 4.79 Å². The number of nitrogens with zero attached hydrogens (tertiary/aromatic N) is 2. The van der Waals surface area contributed by atoms with Crippen molar-refractivity contribution >= 4 is 11.8 Å². The van der Waals surface area contributed by atoms with E-state index in [0.29, 0.717) is 22.8 Å². The van der Waals surface area contributed by atoms with Crippen LogP contribution in [0.4, 0.5) is 4.39 Å². The maximum Gasteiger partial charge on any atom is 0.279 e. The van der Waals surface area contributed by atoms with Gasteiger partial charge in [0.15, 0.2) is 23.5 Å². The molecule has 2 N–H and O–H groups in total. The molecule has 1 aromatic heterocycles. The summed E-state index contributed by atoms with van der Waals surface area (Å²) >= 11 is 0. The number of carbonyl (C=O) groups is 2. The van der Waals surface area contributed by atoms with Gasteiger partial charge in [0.05, 0.1) is 0 Å². The average molecular weight is 384 g/mol. The summed E-state index contributed by atoms with van der Waals surface area (Å²) in [5.74, 6) is -0.941. The van der Waals surface area contributed by atoms with E-state index in [9.17, 15) is 14.0 Å². The van der Waals surface area contributed by atoms with E-state index in [1.54, 1.807) is 37.3 Å². The minimum Gasteiger partial charge on any atom is -0.478 e. The summed E-state index contributed by atoms with van der Waals surface area (Å²) in [7, 11) is 0. The SMILES string of the molecule is Cc1noc(-c2ccc(C(=O)NNC(=O)C(C)Oc3ccccc3F)cc2)n1. The predicted molar refractivity (Wildman–Crippen MR) is 96.6 cm³/mol. The Morgan fingerprint density at radius 1 is 1.11 bits per heavy atom. The Morgan fingerprint density at radius 2 is 1.82 bits per heavy atom. The molecular formula is C19H17FN4O4. The number of aryl methyl sites for hydroxylation is 1. The molecule has 3 aromatic rings. The highest BCUT2D eigenvalue weighted by Gasteiger charge is 2.17. The third-order valence-electron chi connectivity index (χ3n) is 3.73. The number of hydrogen-bond acceptors (Lipinski definition) is 6. The molecule has 0 radical (unpaired) electrons. The monoisotopic (exact) mass is 384 g/mol. The third-order valence-corrected chi connectivity index (χ3v) is 3.73. The second-order valence-electron chi connectivity index (χ2n) is 5.86. The molecule has 0 saturated carbocycles. The number of rotatable bonds is 5. The van der Waals surface area contributed by atoms with Crippen LogP contribution in [0.5, 0.6) is 5.75 Å². The lowest BCUT2D eigenvalue weighted by molar-refractivity contribution is -0.128. The summed E-state index contributed by atoms with van der Waals surface area (Å²) in [6, 6.07) is 12.1. The Kier molecular flexibility index (Phi) is 5.64. The van der Waals surface area contributed by atoms with Crippen molar-refractivity contribution < 1.29 is 23.2 Å². The standard InChI is InChI=1S/C19H17FN4O4/c1-11(27-16-6-4-3-5-15(16)20)17(25)22-23-18(26)13-7-9-14(10-8-13)19-21-12(2)24-28-19/h3-11H,1-2H3,(H,22,25)(H,23,26). The largest absolute Gasteiger partial charge is 0.478 e. The van der Waals surface area contributed by atoms with Gasteiger partial charge in [0.1, 0.15) is 0 Å². The van der Waals surface area contributed by atoms with Crippen molar-refractivity contribution in [3.05, 3.63) is 65.7 Å². The number of halogens is 1. The lowest BCUT2D eigenvalue weighted by Gasteiger charge is -2.15. The maximum absolute atomic E-state index is 13.6. The lowest BCUT2D eigenvalue weighted by Crippen LogP contribution is -2.47. The van der Waals surface area contributed by atoms with Crippen LogP contribution >= 0.6 is 0 Å². The van der Waals surface area contributed by atoms with E-state index in [-0.39, 0.29) is 5.75 Å². The van der Waals surface area contributed by atoms with Crippen LogP contribution in [0.1, 0.15) is 23.1 Å². The number of amides is 2. The number of nitrogens with one attached hydrogen (secondary N) is 2. The molecule has 0 spiro atoms. The van der Waals surface area contributed by atoms with Crippen molar-refractivity contribution in [1.82, 2.24) is 21.0 Å². The molecule has 9 heteroatoms. The third kappa shape index (κ3) is 4.50. The van der Waals surface area contributed by atoms with Crippen molar-refractivity contribution in [3.8, 4) is 17.2 Å². The first-order valence-corrected chi connectivity index (χ1v) is 8.36. The zero-order chi connectivity index (χ0) is 20.1. The number of para-hydroxylation sites is 1. The van der Waals surface area contributed by atoms with Gasteiger partial charge >= 0.3 is 0 Å². The summed E-state index contributed by atoms with van der Waals surface area (Å²) in [6.07, 6.45) is -1.01. The fourth-order valence-corrected chi connectivity index (χ4v) is 2.25. The highest BCUT2D eigenvalue weighted by Crippen LogP contribution is 2.18. The van der Waals surface area contributed by atoms with E-state index < -0.39 is 23.7 Å². The number of ether oxygens (including phenoxy) is 1. The number of aromatic nitrogens is 2. The second kappa shape index (κ2) is 8.30. The van der Waals surface area contributed by atoms with Crippen LogP contribution in [0.25, 0.3) is 11.5 Å². The average Bonchev–Trinajstić information content (AvgIpc) is 3.14. The highest BCUT2D eigenvalue weighted by molar-refractivity contribution is 5.96. The van der Waals surface area contributed by atoms with Gasteiger partial charge in [-0.3, -0.25) is 20.4 Å². The number of benzene rings is 2. The van der Waals surface area contributed by atoms with Crippen molar-refractivity contribution in [2.24, 2.45) is 0 Å². The quantitative estimate of drug-likeness (QED) is 0.655. The van der Waals surface area contributed by atoms with Gasteiger partial charge < -0.3 is 9.26 Å². The van der Waals surface area contributed by atoms with Gasteiger partial charge in [0.2, 0.25) is 0 Å². The van der Waals surface area contributed by atoms with Gasteiger partial charge in [-0.05, 0) is 50.2 Å². The molecule has 8 nitrogen and oxygen atoms in total. The fraction of sp³-hybridized carbons (Fsp3) is 0.158. The zero-order valence-electron chi connectivity index (χ0n) is 15.1. The molecule has 0 fully saturated rings. The molecular weight excluding hydrogens is 367 g/mol. The van der Waals surface area contributed by atoms with Gasteiger partial charge in [-0.1, -0.05) is 17.3 Å². The van der Waals surface area contributed by atoms with Crippen molar-refractivity contribution in [2.45, 2.75) is 20.0 Å². The lowest BCUT2D eigenvalue weighted by atomic mass is 10.1. The first-order chi connectivity index (χ1) is 13.4. The molecule has 1 atom stereocenters. The topological polar surface area (TPSA) is 106 Å². The van der Waals surface area contributed by atoms with Crippen LogP contribution in [0.2, 0.25) is 0 Å². The Balaban J connectivity index is 1.54. The number of hydrogen-bond donors (Lipinski definition) is 2. The van der Waals surface area contributed by atoms with Crippen LogP contribution in [0.3, 0.4) is 0 Å². The van der Waals surface area contributed by atoms with Gasteiger partial charge in [0, 0.05) is 11.1 Å². The summed E-state index contributed by atoms with van der Waals surface area (Å²) in [4.78, 5) is 28.3. The number of carbonyl (C=O) groups excluding carboxylic acids is 2. The molecule has 3 rings (SSSR count). The minimum absolute atomic E-state index is 0.0525. The Labute approximate surface area is 159 Å². The van der Waals surface area contributed by atoms with Gasteiger partial charge in [0.25, 0.3) is 17.7 Å². The molecule has 2 amide bonds. The van der Waals surface area contributed by atoms with Crippen LogP contribution in [0.15, 0.2) is 53.1 Å². The van der Waals surface area contributed by atoms with E-state index in [2.05, 4.69) is 21.0 Å². The summed E-state index contributed by atoms with van der Waals surface area (Å²) in [6.45, 7) is 3.14. The van der Waals surface area contributed by atoms with Crippen LogP contribution < -0.4 is 15.6 Å². The minimum atomic E-state index is -1.01. The summed E-state index contributed by atoms with van der Waals surface area (Å²) in [5.41, 5.74) is 5.49. The molecule has 2 aromatic carbocycles. The van der Waals surface area contributed by atoms with Gasteiger partial charge in [-0.2, -0.15) is 4.98 Å². The molecule has 0 aliphatic heterocycles. The first kappa shape index (κ1) is 19.0. The van der Waals surface area contributed by atoms with Gasteiger partial charge in [-0.25, -0.2) is 4.39 Å². The number of hydrazine groups is 1. The van der Waals surface area contributed by atoms with Crippen molar-refractivity contribution in [3.63, 3.8) is 0 Å². The molecule has 1 unspecified atom stereocenters. The first-order valence-electron chi connectivity index (χ1n) is 8.36. The van der Waals surface area contributed by atoms with Crippen LogP contribution in [0, 0.1) is 12.7 Å². The van der Waals surface area contributed by atoms with E-state index in [1.165, 1.54) is 25.1 Å². The van der Waals surface area contributed by atoms with Gasteiger partial charge in [-0.15, -0.1) is 0 Å². The molecule has 0 aliphatic carbocycles. The van der Waals surface area contributed by atoms with Crippen molar-refractivity contribution in [1.29, 1.82) is 0 Å². The zero-order valence-corrected chi connectivity index (χ0v) is 15.1. The van der Waals surface area contributed by atoms with E-state index in [4.69, 9.17) is 9.26 Å². The highest BCUT2D eigenvalue weighted by atomic mass is 19.1. The Morgan fingerprint density at radius 3 is 2.46 bits per heavy atom. The molecule has 0 saturated heterocycles. The smallest absolute Gasteiger partial charge is 0.279 e. The Bertz CT molecular complexity index is 988. The van der Waals surface area contributed by atoms with E-state index in [0.717, 1.165) is 0 Å². The molecule has 0 aliphatic rings. The normalized spacial score (nSPS) is 11.5. The molecule has 1 heterocycles. The molecule has 0 bridgehead atoms. The second-order valence-corrected chi connectivity index (χ2v) is 5.86. The Hall–Kier alpha value is -3.75. The van der Waals surface area contributed by atoms with Crippen LogP contribution in [-0.4, -0.2) is 28.1 Å². The summed E-state index contributed by atoms with van der Waals surface area (Å²) < 4.78 is 23.9. The van der Waals surface area contributed by atoms with E-state index >= 15 is 0 Å². The molecule has 28 heavy (non-hydrogen) atoms. The van der Waals surface area contributed by atoms with E-state index in [1.807, 2.05) is 0 Å². The fourth-order valence-electron chi connectivity index (χ4n) is 2.25. The molecule has 144 valence electrons.